The second-order valence-electron chi connectivity index (χ2n) is 11.4. The van der Waals surface area contributed by atoms with Gasteiger partial charge in [0.2, 0.25) is 5.91 Å². The SMILES string of the molecule is C[C@@H](/C=C/CC(=O)N(CCO)Cc1ccccc1)[C@]1(O)C(=O)N(Cc2cccc(NC(=O)c3ccc(N)cc3)c2)c2ccccc21. The van der Waals surface area contributed by atoms with Crippen molar-refractivity contribution in [3.05, 3.63) is 138 Å². The topological polar surface area (TPSA) is 136 Å². The van der Waals surface area contributed by atoms with E-state index in [4.69, 9.17) is 5.73 Å². The maximum Gasteiger partial charge on any atom is 0.264 e. The molecule has 0 fully saturated rings. The minimum Gasteiger partial charge on any atom is -0.399 e. The molecule has 0 spiro atoms. The largest absolute Gasteiger partial charge is 0.399 e. The van der Waals surface area contributed by atoms with Crippen molar-refractivity contribution >= 4 is 34.8 Å². The number of rotatable bonds is 12. The average Bonchev–Trinajstić information content (AvgIpc) is 3.28. The molecule has 2 atom stereocenters. The molecule has 4 aromatic rings. The van der Waals surface area contributed by atoms with Crippen molar-refractivity contribution in [1.82, 2.24) is 4.90 Å². The molecule has 0 radical (unpaired) electrons. The maximum absolute atomic E-state index is 14.0. The lowest BCUT2D eigenvalue weighted by Crippen LogP contribution is -2.44. The van der Waals surface area contributed by atoms with Gasteiger partial charge in [-0.3, -0.25) is 14.4 Å². The lowest BCUT2D eigenvalue weighted by molar-refractivity contribution is -0.139. The number of aliphatic hydroxyl groups is 2. The summed E-state index contributed by atoms with van der Waals surface area (Å²) in [6.07, 6.45) is 3.43. The Labute approximate surface area is 268 Å². The second kappa shape index (κ2) is 14.2. The number of hydrogen-bond acceptors (Lipinski definition) is 6. The first-order chi connectivity index (χ1) is 22.2. The summed E-state index contributed by atoms with van der Waals surface area (Å²) < 4.78 is 0. The van der Waals surface area contributed by atoms with E-state index in [0.717, 1.165) is 11.1 Å². The van der Waals surface area contributed by atoms with E-state index in [1.807, 2.05) is 42.5 Å². The first kappa shape index (κ1) is 32.2. The van der Waals surface area contributed by atoms with Gasteiger partial charge in [0.1, 0.15) is 0 Å². The molecule has 5 rings (SSSR count). The van der Waals surface area contributed by atoms with Gasteiger partial charge in [0.05, 0.1) is 18.8 Å². The first-order valence-electron chi connectivity index (χ1n) is 15.2. The van der Waals surface area contributed by atoms with Crippen molar-refractivity contribution < 1.29 is 24.6 Å². The molecule has 0 saturated carbocycles. The summed E-state index contributed by atoms with van der Waals surface area (Å²) in [5, 5.41) is 24.4. The molecule has 0 bridgehead atoms. The summed E-state index contributed by atoms with van der Waals surface area (Å²) in [7, 11) is 0. The lowest BCUT2D eigenvalue weighted by Gasteiger charge is -2.28. The van der Waals surface area contributed by atoms with Crippen LogP contribution in [0.3, 0.4) is 0 Å². The van der Waals surface area contributed by atoms with Gasteiger partial charge >= 0.3 is 0 Å². The van der Waals surface area contributed by atoms with E-state index in [2.05, 4.69) is 5.32 Å². The van der Waals surface area contributed by atoms with Crippen molar-refractivity contribution in [2.45, 2.75) is 32.0 Å². The van der Waals surface area contributed by atoms with Crippen molar-refractivity contribution in [3.8, 4) is 0 Å². The van der Waals surface area contributed by atoms with E-state index < -0.39 is 17.4 Å². The molecule has 236 valence electrons. The van der Waals surface area contributed by atoms with Gasteiger partial charge in [0.25, 0.3) is 11.8 Å². The molecular formula is C37H38N4O5. The van der Waals surface area contributed by atoms with Crippen molar-refractivity contribution in [1.29, 1.82) is 0 Å². The zero-order valence-electron chi connectivity index (χ0n) is 25.7. The van der Waals surface area contributed by atoms with Gasteiger partial charge in [-0.15, -0.1) is 0 Å². The van der Waals surface area contributed by atoms with Gasteiger partial charge < -0.3 is 31.1 Å². The quantitative estimate of drug-likeness (QED) is 0.132. The molecule has 46 heavy (non-hydrogen) atoms. The molecule has 3 amide bonds. The Kier molecular flexibility index (Phi) is 9.95. The first-order valence-corrected chi connectivity index (χ1v) is 15.2. The van der Waals surface area contributed by atoms with E-state index in [-0.39, 0.29) is 37.9 Å². The average molecular weight is 619 g/mol. The Balaban J connectivity index is 1.29. The number of carbonyl (C=O) groups is 3. The van der Waals surface area contributed by atoms with E-state index in [9.17, 15) is 24.6 Å². The van der Waals surface area contributed by atoms with Crippen LogP contribution in [0.2, 0.25) is 0 Å². The number of nitrogens with two attached hydrogens (primary N) is 1. The molecular weight excluding hydrogens is 580 g/mol. The predicted octanol–water partition coefficient (Wildman–Crippen LogP) is 4.86. The molecule has 9 heteroatoms. The molecule has 1 aliphatic heterocycles. The molecule has 0 saturated heterocycles. The molecule has 1 heterocycles. The van der Waals surface area contributed by atoms with Crippen LogP contribution in [0.15, 0.2) is 115 Å². The third-order valence-corrected chi connectivity index (χ3v) is 8.19. The Bertz CT molecular complexity index is 1720. The Morgan fingerprint density at radius 1 is 0.957 bits per heavy atom. The normalized spacial score (nSPS) is 16.3. The standard InChI is InChI=1S/C37H38N4O5/c1-26(9-7-16-34(43)40(21-22-42)24-27-10-3-2-4-11-27)37(46)32-14-5-6-15-33(32)41(36(37)45)25-28-12-8-13-31(23-28)39-35(44)29-17-19-30(38)20-18-29/h2-15,17-20,23,26,42,46H,16,21-22,24-25,38H2,1H3,(H,39,44)/b9-7+/t26-,37+/m0/s1. The van der Waals surface area contributed by atoms with Crippen molar-refractivity contribution in [2.75, 3.05) is 29.1 Å². The highest BCUT2D eigenvalue weighted by molar-refractivity contribution is 6.07. The number of nitrogens with one attached hydrogen (secondary N) is 1. The van der Waals surface area contributed by atoms with E-state index in [1.54, 1.807) is 89.5 Å². The number of benzene rings is 4. The molecule has 4 aromatic carbocycles. The Hall–Kier alpha value is -5.25. The summed E-state index contributed by atoms with van der Waals surface area (Å²) in [4.78, 5) is 42.9. The third-order valence-electron chi connectivity index (χ3n) is 8.19. The fraction of sp³-hybridized carbons (Fsp3) is 0.216. The summed E-state index contributed by atoms with van der Waals surface area (Å²) >= 11 is 0. The molecule has 5 N–H and O–H groups in total. The number of carbonyl (C=O) groups excluding carboxylic acids is 3. The number of nitrogen functional groups attached to an aromatic ring is 1. The summed E-state index contributed by atoms with van der Waals surface area (Å²) in [6, 6.07) is 30.5. The number of aliphatic hydroxyl groups excluding tert-OH is 1. The second-order valence-corrected chi connectivity index (χ2v) is 11.4. The number of hydrogen-bond donors (Lipinski definition) is 4. The molecule has 0 unspecified atom stereocenters. The van der Waals surface area contributed by atoms with Crippen LogP contribution in [0.25, 0.3) is 0 Å². The number of anilines is 3. The monoisotopic (exact) mass is 618 g/mol. The third kappa shape index (κ3) is 7.01. The number of amides is 3. The van der Waals surface area contributed by atoms with Gasteiger partial charge in [-0.05, 0) is 53.6 Å². The molecule has 9 nitrogen and oxygen atoms in total. The number of para-hydroxylation sites is 1. The van der Waals surface area contributed by atoms with E-state index in [0.29, 0.717) is 34.7 Å². The van der Waals surface area contributed by atoms with Crippen LogP contribution in [0, 0.1) is 5.92 Å². The lowest BCUT2D eigenvalue weighted by atomic mass is 9.83. The fourth-order valence-electron chi connectivity index (χ4n) is 5.68. The van der Waals surface area contributed by atoms with Crippen LogP contribution in [-0.2, 0) is 28.3 Å². The van der Waals surface area contributed by atoms with Crippen LogP contribution < -0.4 is 16.0 Å². The summed E-state index contributed by atoms with van der Waals surface area (Å²) in [5.41, 5.74) is 8.30. The zero-order chi connectivity index (χ0) is 32.7. The highest BCUT2D eigenvalue weighted by Gasteiger charge is 2.52. The summed E-state index contributed by atoms with van der Waals surface area (Å²) in [6.45, 7) is 2.35. The zero-order valence-corrected chi connectivity index (χ0v) is 25.7. The highest BCUT2D eigenvalue weighted by atomic mass is 16.3. The van der Waals surface area contributed by atoms with Gasteiger partial charge in [-0.25, -0.2) is 0 Å². The van der Waals surface area contributed by atoms with Gasteiger partial charge in [0.15, 0.2) is 5.60 Å². The Morgan fingerprint density at radius 2 is 1.65 bits per heavy atom. The smallest absolute Gasteiger partial charge is 0.264 e. The molecule has 1 aliphatic rings. The van der Waals surface area contributed by atoms with Crippen LogP contribution >= 0.6 is 0 Å². The van der Waals surface area contributed by atoms with Crippen LogP contribution in [-0.4, -0.2) is 46.0 Å². The summed E-state index contributed by atoms with van der Waals surface area (Å²) in [5.74, 6) is -1.58. The predicted molar refractivity (Wildman–Crippen MR) is 179 cm³/mol. The molecule has 0 aromatic heterocycles. The van der Waals surface area contributed by atoms with Crippen LogP contribution in [0.4, 0.5) is 17.1 Å². The van der Waals surface area contributed by atoms with Crippen LogP contribution in [0.1, 0.15) is 40.4 Å². The van der Waals surface area contributed by atoms with E-state index in [1.165, 1.54) is 0 Å². The maximum atomic E-state index is 14.0. The van der Waals surface area contributed by atoms with Gasteiger partial charge in [0, 0.05) is 47.9 Å². The van der Waals surface area contributed by atoms with Gasteiger partial charge in [-0.2, -0.15) is 0 Å². The number of nitrogens with zero attached hydrogens (tertiary/aromatic N) is 2. The van der Waals surface area contributed by atoms with E-state index >= 15 is 0 Å². The highest BCUT2D eigenvalue weighted by Crippen LogP contribution is 2.45. The Morgan fingerprint density at radius 3 is 2.39 bits per heavy atom. The molecule has 0 aliphatic carbocycles. The minimum atomic E-state index is -1.84. The van der Waals surface area contributed by atoms with Crippen molar-refractivity contribution in [3.63, 3.8) is 0 Å². The number of fused-ring (bicyclic) bond motifs is 1. The van der Waals surface area contributed by atoms with Gasteiger partial charge in [-0.1, -0.05) is 79.7 Å². The minimum absolute atomic E-state index is 0.0572. The van der Waals surface area contributed by atoms with Crippen LogP contribution in [0.5, 0.6) is 0 Å². The van der Waals surface area contributed by atoms with Crippen molar-refractivity contribution in [2.24, 2.45) is 5.92 Å². The fourth-order valence-corrected chi connectivity index (χ4v) is 5.68.